The van der Waals surface area contributed by atoms with E-state index in [1.165, 1.54) is 250 Å². The molecule has 0 rings (SSSR count). The fraction of sp³-hybridized carbons (Fsp3) is 0.954. The molecule has 0 aliphatic heterocycles. The van der Waals surface area contributed by atoms with E-state index in [-0.39, 0.29) is 25.7 Å². The average Bonchev–Trinajstić information content (AvgIpc) is 0.902. The molecule has 3 N–H and O–H groups in total. The molecule has 19 heteroatoms. The van der Waals surface area contributed by atoms with Crippen molar-refractivity contribution in [3.05, 3.63) is 0 Å². The molecule has 0 saturated heterocycles. The van der Waals surface area contributed by atoms with Gasteiger partial charge in [0.15, 0.2) is 12.2 Å². The number of carbonyl (C=O) groups is 4. The van der Waals surface area contributed by atoms with Gasteiger partial charge < -0.3 is 33.8 Å². The van der Waals surface area contributed by atoms with Gasteiger partial charge in [0.05, 0.1) is 26.4 Å². The fourth-order valence-electron chi connectivity index (χ4n) is 13.4. The summed E-state index contributed by atoms with van der Waals surface area (Å²) < 4.78 is 68.9. The standard InChI is InChI=1S/C87H170O17P2/c1-9-79(7)65-57-49-41-35-29-23-19-20-26-32-38-44-54-62-70-87(92)104-83(74-98-85(90)68-60-52-46-45-50-58-66-80(8)10-2)76-102-106(95,96)100-72-81(88)71-99-105(93,94)101-75-82(103-86(91)69-61-53-43-37-31-25-18-14-12-16-22-28-34-40-48-56-64-78(5)6)73-97-84(89)67-59-51-42-36-30-24-17-13-11-15-21-27-33-39-47-55-63-77(3)4/h77-83,88H,9-76H2,1-8H3,(H,93,94)(H,95,96)/t79?,80?,81-,82-,83-/m1/s1. The SMILES string of the molecule is CCC(C)CCCCCCCCCCCCCCCCC(=O)O[C@H](COC(=O)CCCCCCCCC(C)CC)COP(=O)(O)OC[C@H](O)COP(=O)(O)OC[C@@H](COC(=O)CCCCCCCCCCCCCCCCCCC(C)C)OC(=O)CCCCCCCCCCCCCCCCCCC(C)C. The minimum Gasteiger partial charge on any atom is -0.462 e. The highest BCUT2D eigenvalue weighted by atomic mass is 31.2. The zero-order valence-electron chi connectivity index (χ0n) is 70.1. The number of phosphoric ester groups is 2. The Hall–Kier alpha value is -1.94. The summed E-state index contributed by atoms with van der Waals surface area (Å²) in [5.41, 5.74) is 0. The van der Waals surface area contributed by atoms with Gasteiger partial charge in [0, 0.05) is 25.7 Å². The lowest BCUT2D eigenvalue weighted by Crippen LogP contribution is -2.30. The molecule has 0 heterocycles. The van der Waals surface area contributed by atoms with Crippen LogP contribution in [0.4, 0.5) is 0 Å². The van der Waals surface area contributed by atoms with Gasteiger partial charge in [0.2, 0.25) is 0 Å². The molecular weight excluding hydrogens is 1380 g/mol. The highest BCUT2D eigenvalue weighted by Gasteiger charge is 2.31. The highest BCUT2D eigenvalue weighted by Crippen LogP contribution is 2.45. The van der Waals surface area contributed by atoms with Gasteiger partial charge in [-0.1, -0.05) is 402 Å². The van der Waals surface area contributed by atoms with Gasteiger partial charge in [-0.3, -0.25) is 37.3 Å². The first-order valence-corrected chi connectivity index (χ1v) is 47.8. The van der Waals surface area contributed by atoms with Crippen molar-refractivity contribution in [1.29, 1.82) is 0 Å². The van der Waals surface area contributed by atoms with E-state index in [0.29, 0.717) is 25.7 Å². The highest BCUT2D eigenvalue weighted by molar-refractivity contribution is 7.47. The van der Waals surface area contributed by atoms with Crippen molar-refractivity contribution in [2.45, 2.75) is 472 Å². The topological polar surface area (TPSA) is 237 Å². The molecule has 0 aromatic carbocycles. The Morgan fingerprint density at radius 2 is 0.453 bits per heavy atom. The first kappa shape index (κ1) is 104. The van der Waals surface area contributed by atoms with Gasteiger partial charge in [-0.05, 0) is 49.4 Å². The van der Waals surface area contributed by atoms with Crippen LogP contribution < -0.4 is 0 Å². The summed E-state index contributed by atoms with van der Waals surface area (Å²) in [6, 6.07) is 0. The predicted molar refractivity (Wildman–Crippen MR) is 437 cm³/mol. The lowest BCUT2D eigenvalue weighted by atomic mass is 9.99. The average molecular weight is 1550 g/mol. The van der Waals surface area contributed by atoms with Crippen LogP contribution in [0.5, 0.6) is 0 Å². The van der Waals surface area contributed by atoms with Crippen molar-refractivity contribution >= 4 is 39.5 Å². The summed E-state index contributed by atoms with van der Waals surface area (Å²) in [5.74, 6) is 1.09. The lowest BCUT2D eigenvalue weighted by molar-refractivity contribution is -0.161. The summed E-state index contributed by atoms with van der Waals surface area (Å²) in [6.07, 6.45) is 65.2. The minimum atomic E-state index is -4.97. The number of esters is 4. The normalized spacial score (nSPS) is 14.4. The quantitative estimate of drug-likeness (QED) is 0.0222. The molecule has 17 nitrogen and oxygen atoms in total. The van der Waals surface area contributed by atoms with Crippen molar-refractivity contribution in [1.82, 2.24) is 0 Å². The maximum Gasteiger partial charge on any atom is 0.472 e. The molecule has 0 fully saturated rings. The molecule has 106 heavy (non-hydrogen) atoms. The maximum atomic E-state index is 13.2. The number of ether oxygens (including phenoxy) is 4. The molecule has 0 amide bonds. The first-order valence-electron chi connectivity index (χ1n) is 44.8. The third kappa shape index (κ3) is 77.4. The lowest BCUT2D eigenvalue weighted by Gasteiger charge is -2.21. The molecule has 7 atom stereocenters. The van der Waals surface area contributed by atoms with E-state index < -0.39 is 97.5 Å². The van der Waals surface area contributed by atoms with E-state index >= 15 is 0 Å². The molecule has 630 valence electrons. The van der Waals surface area contributed by atoms with Gasteiger partial charge in [-0.2, -0.15) is 0 Å². The second-order valence-corrected chi connectivity index (χ2v) is 35.6. The second-order valence-electron chi connectivity index (χ2n) is 32.7. The Morgan fingerprint density at radius 3 is 0.670 bits per heavy atom. The van der Waals surface area contributed by atoms with Crippen LogP contribution in [0.15, 0.2) is 0 Å². The Labute approximate surface area is 651 Å². The van der Waals surface area contributed by atoms with Crippen LogP contribution >= 0.6 is 15.6 Å². The summed E-state index contributed by atoms with van der Waals surface area (Å²) in [5, 5.41) is 10.7. The van der Waals surface area contributed by atoms with E-state index in [4.69, 9.17) is 37.0 Å². The maximum absolute atomic E-state index is 13.2. The molecule has 0 bridgehead atoms. The van der Waals surface area contributed by atoms with Gasteiger partial charge in [0.1, 0.15) is 19.3 Å². The molecular formula is C87H170O17P2. The van der Waals surface area contributed by atoms with Crippen molar-refractivity contribution in [3.63, 3.8) is 0 Å². The first-order chi connectivity index (χ1) is 51.2. The third-order valence-electron chi connectivity index (χ3n) is 21.0. The van der Waals surface area contributed by atoms with Crippen LogP contribution in [0.25, 0.3) is 0 Å². The van der Waals surface area contributed by atoms with Gasteiger partial charge in [-0.25, -0.2) is 9.13 Å². The number of hydrogen-bond donors (Lipinski definition) is 3. The van der Waals surface area contributed by atoms with Crippen LogP contribution in [0.2, 0.25) is 0 Å². The molecule has 0 aromatic rings. The van der Waals surface area contributed by atoms with Crippen molar-refractivity contribution in [3.8, 4) is 0 Å². The van der Waals surface area contributed by atoms with Crippen LogP contribution in [0.1, 0.15) is 453 Å². The van der Waals surface area contributed by atoms with Crippen molar-refractivity contribution < 1.29 is 80.2 Å². The summed E-state index contributed by atoms with van der Waals surface area (Å²) in [6.45, 7) is 14.4. The predicted octanol–water partition coefficient (Wildman–Crippen LogP) is 26.3. The molecule has 0 spiro atoms. The smallest absolute Gasteiger partial charge is 0.462 e. The zero-order valence-corrected chi connectivity index (χ0v) is 71.9. The van der Waals surface area contributed by atoms with Crippen molar-refractivity contribution in [2.24, 2.45) is 23.7 Å². The largest absolute Gasteiger partial charge is 0.472 e. The molecule has 0 aromatic heterocycles. The van der Waals surface area contributed by atoms with E-state index in [2.05, 4.69) is 55.4 Å². The van der Waals surface area contributed by atoms with Crippen LogP contribution in [-0.2, 0) is 65.4 Å². The number of phosphoric acid groups is 2. The number of aliphatic hydroxyl groups excluding tert-OH is 1. The minimum absolute atomic E-state index is 0.107. The van der Waals surface area contributed by atoms with Crippen LogP contribution in [0, 0.1) is 23.7 Å². The van der Waals surface area contributed by atoms with E-state index in [0.717, 1.165) is 120 Å². The van der Waals surface area contributed by atoms with Gasteiger partial charge in [0.25, 0.3) is 0 Å². The number of aliphatic hydroxyl groups is 1. The number of rotatable bonds is 84. The Kier molecular flexibility index (Phi) is 74.3. The molecule has 0 aliphatic rings. The number of unbranched alkanes of at least 4 members (excludes halogenated alkanes) is 48. The Balaban J connectivity index is 5.24. The summed E-state index contributed by atoms with van der Waals surface area (Å²) >= 11 is 0. The van der Waals surface area contributed by atoms with Crippen molar-refractivity contribution in [2.75, 3.05) is 39.6 Å². The monoisotopic (exact) mass is 1550 g/mol. The van der Waals surface area contributed by atoms with Crippen LogP contribution in [-0.4, -0.2) is 96.7 Å². The summed E-state index contributed by atoms with van der Waals surface area (Å²) in [4.78, 5) is 73.3. The summed E-state index contributed by atoms with van der Waals surface area (Å²) in [7, 11) is -9.93. The molecule has 0 radical (unpaired) electrons. The number of carbonyl (C=O) groups excluding carboxylic acids is 4. The Morgan fingerprint density at radius 1 is 0.264 bits per heavy atom. The third-order valence-corrected chi connectivity index (χ3v) is 22.9. The second kappa shape index (κ2) is 75.7. The molecule has 0 saturated carbocycles. The van der Waals surface area contributed by atoms with E-state index in [1.54, 1.807) is 0 Å². The number of hydrogen-bond acceptors (Lipinski definition) is 15. The van der Waals surface area contributed by atoms with Crippen LogP contribution in [0.3, 0.4) is 0 Å². The Bertz CT molecular complexity index is 2060. The zero-order chi connectivity index (χ0) is 78.1. The van der Waals surface area contributed by atoms with E-state index in [9.17, 15) is 43.2 Å². The molecule has 4 unspecified atom stereocenters. The van der Waals surface area contributed by atoms with Gasteiger partial charge >= 0.3 is 39.5 Å². The van der Waals surface area contributed by atoms with E-state index in [1.807, 2.05) is 0 Å². The van der Waals surface area contributed by atoms with Gasteiger partial charge in [-0.15, -0.1) is 0 Å². The molecule has 0 aliphatic carbocycles. The fourth-order valence-corrected chi connectivity index (χ4v) is 15.0.